The first-order valence-electron chi connectivity index (χ1n) is 12.7. The molecular formula is C29H34N6O3S. The Morgan fingerprint density at radius 1 is 1.10 bits per heavy atom. The standard InChI is InChI=1S/C29H34N6O3S/c1-20-19-39-27(31-20)18-34(3)29(38)23-12-8-11-22(14-23)28(37)32-25(13-21-9-6-5-7-10-21)26(36)17-33(2)24-15-30-35(4)16-24/h5-12,14-16,19,25-26,36H,13,17-18H2,1-4H3,(H,32,37)/t25-,26+/m0/s1. The van der Waals surface area contributed by atoms with E-state index in [9.17, 15) is 14.7 Å². The van der Waals surface area contributed by atoms with Gasteiger partial charge in [0.05, 0.1) is 30.6 Å². The van der Waals surface area contributed by atoms with Crippen LogP contribution in [0, 0.1) is 6.92 Å². The first-order chi connectivity index (χ1) is 18.7. The average molecular weight is 547 g/mol. The molecule has 0 bridgehead atoms. The monoisotopic (exact) mass is 546 g/mol. The van der Waals surface area contributed by atoms with Crippen LogP contribution in [-0.4, -0.2) is 69.4 Å². The van der Waals surface area contributed by atoms with Gasteiger partial charge in [-0.15, -0.1) is 11.3 Å². The zero-order valence-corrected chi connectivity index (χ0v) is 23.4. The highest BCUT2D eigenvalue weighted by Gasteiger charge is 2.25. The second-order valence-electron chi connectivity index (χ2n) is 9.71. The summed E-state index contributed by atoms with van der Waals surface area (Å²) in [6.45, 7) is 2.61. The number of amides is 2. The van der Waals surface area contributed by atoms with Crippen LogP contribution in [0.3, 0.4) is 0 Å². The van der Waals surface area contributed by atoms with E-state index in [0.29, 0.717) is 30.6 Å². The third-order valence-electron chi connectivity index (χ3n) is 6.43. The molecule has 0 aliphatic rings. The predicted octanol–water partition coefficient (Wildman–Crippen LogP) is 3.30. The first-order valence-corrected chi connectivity index (χ1v) is 13.6. The van der Waals surface area contributed by atoms with Crippen molar-refractivity contribution < 1.29 is 14.7 Å². The zero-order chi connectivity index (χ0) is 27.9. The minimum absolute atomic E-state index is 0.198. The number of hydrogen-bond acceptors (Lipinski definition) is 7. The van der Waals surface area contributed by atoms with Gasteiger partial charge in [-0.3, -0.25) is 14.3 Å². The number of hydrogen-bond donors (Lipinski definition) is 2. The molecule has 2 heterocycles. The molecular weight excluding hydrogens is 512 g/mol. The van der Waals surface area contributed by atoms with Gasteiger partial charge in [0.15, 0.2) is 0 Å². The number of anilines is 1. The maximum Gasteiger partial charge on any atom is 0.253 e. The van der Waals surface area contributed by atoms with Gasteiger partial charge in [-0.1, -0.05) is 36.4 Å². The van der Waals surface area contributed by atoms with Crippen molar-refractivity contribution in [2.24, 2.45) is 7.05 Å². The average Bonchev–Trinajstić information content (AvgIpc) is 3.55. The van der Waals surface area contributed by atoms with E-state index in [4.69, 9.17) is 0 Å². The van der Waals surface area contributed by atoms with Crippen molar-refractivity contribution >= 4 is 28.8 Å². The number of thiazole rings is 1. The summed E-state index contributed by atoms with van der Waals surface area (Å²) in [5.41, 5.74) is 3.55. The van der Waals surface area contributed by atoms with Gasteiger partial charge in [-0.05, 0) is 37.1 Å². The van der Waals surface area contributed by atoms with Crippen LogP contribution < -0.4 is 10.2 Å². The summed E-state index contributed by atoms with van der Waals surface area (Å²) >= 11 is 1.51. The molecule has 0 aliphatic carbocycles. The molecule has 2 aromatic heterocycles. The molecule has 0 fully saturated rings. The predicted molar refractivity (Wildman–Crippen MR) is 153 cm³/mol. The van der Waals surface area contributed by atoms with Crippen molar-refractivity contribution in [2.75, 3.05) is 25.5 Å². The summed E-state index contributed by atoms with van der Waals surface area (Å²) < 4.78 is 1.70. The highest BCUT2D eigenvalue weighted by atomic mass is 32.1. The summed E-state index contributed by atoms with van der Waals surface area (Å²) in [5.74, 6) is -0.552. The number of carbonyl (C=O) groups excluding carboxylic acids is 2. The number of aliphatic hydroxyl groups is 1. The topological polar surface area (TPSA) is 104 Å². The lowest BCUT2D eigenvalue weighted by molar-refractivity contribution is 0.0785. The molecule has 9 nitrogen and oxygen atoms in total. The SMILES string of the molecule is Cc1csc(CN(C)C(=O)c2cccc(C(=O)N[C@@H](Cc3ccccc3)[C@H](O)CN(C)c3cnn(C)c3)c2)n1. The van der Waals surface area contributed by atoms with Crippen molar-refractivity contribution in [3.05, 3.63) is 99.8 Å². The molecule has 2 N–H and O–H groups in total. The maximum absolute atomic E-state index is 13.4. The second kappa shape index (κ2) is 12.7. The van der Waals surface area contributed by atoms with Gasteiger partial charge in [0.25, 0.3) is 11.8 Å². The Labute approximate surface area is 232 Å². The maximum atomic E-state index is 13.4. The van der Waals surface area contributed by atoms with E-state index >= 15 is 0 Å². The first kappa shape index (κ1) is 28.0. The van der Waals surface area contributed by atoms with Crippen molar-refractivity contribution in [1.82, 2.24) is 25.0 Å². The Balaban J connectivity index is 1.47. The molecule has 10 heteroatoms. The third-order valence-corrected chi connectivity index (χ3v) is 7.38. The van der Waals surface area contributed by atoms with Crippen molar-refractivity contribution in [3.63, 3.8) is 0 Å². The number of aryl methyl sites for hydroxylation is 2. The molecule has 2 aromatic carbocycles. The minimum Gasteiger partial charge on any atom is -0.389 e. The van der Waals surface area contributed by atoms with Gasteiger partial charge in [0.2, 0.25) is 0 Å². The lowest BCUT2D eigenvalue weighted by atomic mass is 10.00. The molecule has 4 rings (SSSR count). The Bertz CT molecular complexity index is 1400. The molecule has 0 radical (unpaired) electrons. The fraction of sp³-hybridized carbons (Fsp3) is 0.310. The van der Waals surface area contributed by atoms with Gasteiger partial charge in [-0.2, -0.15) is 5.10 Å². The zero-order valence-electron chi connectivity index (χ0n) is 22.6. The number of nitrogens with one attached hydrogen (secondary N) is 1. The fourth-order valence-electron chi connectivity index (χ4n) is 4.29. The van der Waals surface area contributed by atoms with Crippen LogP contribution in [0.15, 0.2) is 72.4 Å². The molecule has 2 amide bonds. The van der Waals surface area contributed by atoms with Gasteiger partial charge < -0.3 is 20.2 Å². The van der Waals surface area contributed by atoms with E-state index in [1.165, 1.54) is 11.3 Å². The third kappa shape index (κ3) is 7.52. The number of carbonyl (C=O) groups is 2. The lowest BCUT2D eigenvalue weighted by Crippen LogP contribution is -2.49. The van der Waals surface area contributed by atoms with Crippen molar-refractivity contribution in [3.8, 4) is 0 Å². The number of likely N-dealkylation sites (N-methyl/N-ethyl adjacent to an activating group) is 1. The van der Waals surface area contributed by atoms with Crippen molar-refractivity contribution in [1.29, 1.82) is 0 Å². The Kier molecular flexibility index (Phi) is 9.11. The van der Waals surface area contributed by atoms with Crippen LogP contribution in [-0.2, 0) is 20.0 Å². The van der Waals surface area contributed by atoms with Crippen LogP contribution in [0.1, 0.15) is 37.0 Å². The molecule has 0 spiro atoms. The Morgan fingerprint density at radius 2 is 1.85 bits per heavy atom. The van der Waals surface area contributed by atoms with Gasteiger partial charge in [0.1, 0.15) is 5.01 Å². The fourth-order valence-corrected chi connectivity index (χ4v) is 5.11. The number of benzene rings is 2. The number of aromatic nitrogens is 3. The van der Waals surface area contributed by atoms with E-state index in [0.717, 1.165) is 22.0 Å². The molecule has 39 heavy (non-hydrogen) atoms. The second-order valence-corrected chi connectivity index (χ2v) is 10.7. The smallest absolute Gasteiger partial charge is 0.253 e. The Morgan fingerprint density at radius 3 is 2.51 bits per heavy atom. The van der Waals surface area contributed by atoms with Crippen LogP contribution >= 0.6 is 11.3 Å². The Hall–Kier alpha value is -4.02. The number of nitrogens with zero attached hydrogens (tertiary/aromatic N) is 5. The van der Waals surface area contributed by atoms with E-state index < -0.39 is 12.1 Å². The summed E-state index contributed by atoms with van der Waals surface area (Å²) in [4.78, 5) is 34.4. The molecule has 0 unspecified atom stereocenters. The van der Waals surface area contributed by atoms with Crippen LogP contribution in [0.5, 0.6) is 0 Å². The highest BCUT2D eigenvalue weighted by molar-refractivity contribution is 7.09. The number of aliphatic hydroxyl groups excluding tert-OH is 1. The van der Waals surface area contributed by atoms with Crippen LogP contribution in [0.25, 0.3) is 0 Å². The summed E-state index contributed by atoms with van der Waals surface area (Å²) in [6.07, 6.45) is 3.18. The van der Waals surface area contributed by atoms with Gasteiger partial charge in [-0.25, -0.2) is 4.98 Å². The summed E-state index contributed by atoms with van der Waals surface area (Å²) in [7, 11) is 5.43. The van der Waals surface area contributed by atoms with E-state index in [-0.39, 0.29) is 11.8 Å². The van der Waals surface area contributed by atoms with E-state index in [1.54, 1.807) is 47.1 Å². The molecule has 0 saturated carbocycles. The molecule has 0 aliphatic heterocycles. The lowest BCUT2D eigenvalue weighted by Gasteiger charge is -2.28. The quantitative estimate of drug-likeness (QED) is 0.299. The molecule has 2 atom stereocenters. The molecule has 4 aromatic rings. The van der Waals surface area contributed by atoms with E-state index in [2.05, 4.69) is 15.4 Å². The van der Waals surface area contributed by atoms with Crippen molar-refractivity contribution in [2.45, 2.75) is 32.0 Å². The largest absolute Gasteiger partial charge is 0.389 e. The summed E-state index contributed by atoms with van der Waals surface area (Å²) in [6, 6.07) is 15.8. The van der Waals surface area contributed by atoms with Crippen LogP contribution in [0.2, 0.25) is 0 Å². The van der Waals surface area contributed by atoms with Gasteiger partial charge in [0, 0.05) is 56.1 Å². The molecule has 204 valence electrons. The van der Waals surface area contributed by atoms with E-state index in [1.807, 2.05) is 67.8 Å². The molecule has 0 saturated heterocycles. The number of rotatable bonds is 11. The minimum atomic E-state index is -0.864. The summed E-state index contributed by atoms with van der Waals surface area (Å²) in [5, 5.41) is 21.2. The highest BCUT2D eigenvalue weighted by Crippen LogP contribution is 2.16. The normalized spacial score (nSPS) is 12.5. The van der Waals surface area contributed by atoms with Crippen LogP contribution in [0.4, 0.5) is 5.69 Å². The van der Waals surface area contributed by atoms with Gasteiger partial charge >= 0.3 is 0 Å².